The van der Waals surface area contributed by atoms with Gasteiger partial charge >= 0.3 is 5.63 Å². The molecule has 144 valence electrons. The Morgan fingerprint density at radius 2 is 1.68 bits per heavy atom. The van der Waals surface area contributed by atoms with Gasteiger partial charge in [0, 0.05) is 35.5 Å². The van der Waals surface area contributed by atoms with Gasteiger partial charge in [0.25, 0.3) is 0 Å². The van der Waals surface area contributed by atoms with E-state index in [0.29, 0.717) is 33.9 Å². The summed E-state index contributed by atoms with van der Waals surface area (Å²) in [7, 11) is 4.54. The van der Waals surface area contributed by atoms with E-state index >= 15 is 0 Å². The van der Waals surface area contributed by atoms with E-state index in [4.69, 9.17) is 18.6 Å². The number of hydrogen-bond donors (Lipinski definition) is 1. The molecule has 1 heterocycles. The Morgan fingerprint density at radius 3 is 2.32 bits per heavy atom. The van der Waals surface area contributed by atoms with Gasteiger partial charge in [0.1, 0.15) is 11.1 Å². The highest BCUT2D eigenvalue weighted by molar-refractivity contribution is 6.05. The summed E-state index contributed by atoms with van der Waals surface area (Å²) in [5, 5.41) is 3.63. The molecule has 0 bridgehead atoms. The first-order chi connectivity index (χ1) is 13.6. The van der Waals surface area contributed by atoms with E-state index in [2.05, 4.69) is 5.32 Å². The first-order valence-corrected chi connectivity index (χ1v) is 8.37. The van der Waals surface area contributed by atoms with Gasteiger partial charge < -0.3 is 23.9 Å². The molecule has 28 heavy (non-hydrogen) atoms. The molecule has 0 amide bonds. The fraction of sp³-hybridized carbons (Fsp3) is 0.143. The number of ether oxygens (including phenoxy) is 3. The minimum Gasteiger partial charge on any atom is -0.493 e. The first-order valence-electron chi connectivity index (χ1n) is 8.37. The van der Waals surface area contributed by atoms with Crippen molar-refractivity contribution >= 4 is 22.4 Å². The van der Waals surface area contributed by atoms with Gasteiger partial charge in [0.15, 0.2) is 17.3 Å². The van der Waals surface area contributed by atoms with Crippen LogP contribution in [0.3, 0.4) is 0 Å². The molecule has 0 unspecified atom stereocenters. The fourth-order valence-corrected chi connectivity index (χ4v) is 2.70. The van der Waals surface area contributed by atoms with Crippen molar-refractivity contribution in [3.8, 4) is 17.2 Å². The van der Waals surface area contributed by atoms with Crippen molar-refractivity contribution in [2.45, 2.75) is 0 Å². The van der Waals surface area contributed by atoms with E-state index in [9.17, 15) is 9.59 Å². The number of ketones is 1. The average Bonchev–Trinajstić information content (AvgIpc) is 2.72. The fourth-order valence-electron chi connectivity index (χ4n) is 2.70. The van der Waals surface area contributed by atoms with Gasteiger partial charge in [-0.15, -0.1) is 0 Å². The summed E-state index contributed by atoms with van der Waals surface area (Å²) >= 11 is 0. The summed E-state index contributed by atoms with van der Waals surface area (Å²) in [6.07, 6.45) is 2.68. The molecule has 0 aliphatic carbocycles. The minimum absolute atomic E-state index is 0.0401. The van der Waals surface area contributed by atoms with Gasteiger partial charge in [0.2, 0.25) is 5.75 Å². The predicted octanol–water partition coefficient (Wildman–Crippen LogP) is 3.63. The number of allylic oxidation sites excluding steroid dienone is 1. The molecule has 3 aromatic rings. The van der Waals surface area contributed by atoms with Gasteiger partial charge in [-0.1, -0.05) is 18.2 Å². The molecular weight excluding hydrogens is 362 g/mol. The van der Waals surface area contributed by atoms with Gasteiger partial charge in [-0.3, -0.25) is 4.79 Å². The van der Waals surface area contributed by atoms with Crippen LogP contribution in [0.2, 0.25) is 0 Å². The van der Waals surface area contributed by atoms with Crippen LogP contribution in [-0.4, -0.2) is 27.1 Å². The van der Waals surface area contributed by atoms with Crippen LogP contribution in [0.15, 0.2) is 64.0 Å². The number of carbonyl (C=O) groups is 1. The standard InChI is InChI=1S/C21H19NO6/c1-25-18-11-14(12-19(26-2)20(18)27-3)22-9-8-16(23)15-10-13-6-4-5-7-17(13)28-21(15)24/h4-12,22H,1-3H3/b9-8+. The SMILES string of the molecule is COc1cc(N/C=C/C(=O)c2cc3ccccc3oc2=O)cc(OC)c1OC. The number of anilines is 1. The summed E-state index contributed by atoms with van der Waals surface area (Å²) in [6.45, 7) is 0. The number of para-hydroxylation sites is 1. The zero-order valence-corrected chi connectivity index (χ0v) is 15.6. The van der Waals surface area contributed by atoms with Crippen LogP contribution < -0.4 is 25.2 Å². The monoisotopic (exact) mass is 381 g/mol. The molecule has 2 aromatic carbocycles. The number of nitrogens with one attached hydrogen (secondary N) is 1. The van der Waals surface area contributed by atoms with Gasteiger partial charge in [0.05, 0.1) is 21.3 Å². The van der Waals surface area contributed by atoms with Gasteiger partial charge in [-0.2, -0.15) is 0 Å². The maximum absolute atomic E-state index is 12.4. The summed E-state index contributed by atoms with van der Waals surface area (Å²) < 4.78 is 21.0. The average molecular weight is 381 g/mol. The third-order valence-corrected chi connectivity index (χ3v) is 4.06. The predicted molar refractivity (Wildman–Crippen MR) is 106 cm³/mol. The Labute approximate surface area is 161 Å². The van der Waals surface area contributed by atoms with E-state index in [1.807, 2.05) is 0 Å². The topological polar surface area (TPSA) is 87.0 Å². The summed E-state index contributed by atoms with van der Waals surface area (Å²) in [4.78, 5) is 24.4. The Morgan fingerprint density at radius 1 is 1.00 bits per heavy atom. The molecule has 7 heteroatoms. The van der Waals surface area contributed by atoms with Gasteiger partial charge in [-0.25, -0.2) is 4.79 Å². The lowest BCUT2D eigenvalue weighted by atomic mass is 10.1. The van der Waals surface area contributed by atoms with Crippen LogP contribution in [0.5, 0.6) is 17.2 Å². The second-order valence-corrected chi connectivity index (χ2v) is 5.74. The molecule has 0 saturated carbocycles. The maximum atomic E-state index is 12.4. The Hall–Kier alpha value is -3.74. The van der Waals surface area contributed by atoms with Crippen molar-refractivity contribution in [1.29, 1.82) is 0 Å². The molecule has 0 atom stereocenters. The lowest BCUT2D eigenvalue weighted by Gasteiger charge is -2.13. The second-order valence-electron chi connectivity index (χ2n) is 5.74. The smallest absolute Gasteiger partial charge is 0.347 e. The molecule has 0 aliphatic heterocycles. The number of fused-ring (bicyclic) bond motifs is 1. The van der Waals surface area contributed by atoms with Crippen LogP contribution >= 0.6 is 0 Å². The molecule has 0 saturated heterocycles. The van der Waals surface area contributed by atoms with Crippen molar-refractivity contribution < 1.29 is 23.4 Å². The third kappa shape index (κ3) is 3.83. The minimum atomic E-state index is -0.680. The third-order valence-electron chi connectivity index (χ3n) is 4.06. The van der Waals surface area contributed by atoms with Gasteiger partial charge in [-0.05, 0) is 12.1 Å². The van der Waals surface area contributed by atoms with Crippen molar-refractivity contribution in [2.24, 2.45) is 0 Å². The molecular formula is C21H19NO6. The van der Waals surface area contributed by atoms with E-state index < -0.39 is 11.4 Å². The molecule has 3 rings (SSSR count). The lowest BCUT2D eigenvalue weighted by molar-refractivity contribution is 0.104. The van der Waals surface area contributed by atoms with E-state index in [-0.39, 0.29) is 5.56 Å². The number of rotatable bonds is 7. The van der Waals surface area contributed by atoms with Crippen molar-refractivity contribution in [1.82, 2.24) is 0 Å². The zero-order valence-electron chi connectivity index (χ0n) is 15.6. The number of hydrogen-bond acceptors (Lipinski definition) is 7. The molecule has 0 aliphatic rings. The molecule has 0 spiro atoms. The summed E-state index contributed by atoms with van der Waals surface area (Å²) in [5.74, 6) is 0.933. The normalized spacial score (nSPS) is 10.8. The summed E-state index contributed by atoms with van der Waals surface area (Å²) in [6, 6.07) is 11.9. The second kappa shape index (κ2) is 8.30. The highest BCUT2D eigenvalue weighted by Gasteiger charge is 2.13. The van der Waals surface area contributed by atoms with Crippen molar-refractivity contribution in [3.05, 3.63) is 70.7 Å². The van der Waals surface area contributed by atoms with Crippen molar-refractivity contribution in [2.75, 3.05) is 26.6 Å². The Balaban J connectivity index is 1.82. The molecule has 1 aromatic heterocycles. The Bertz CT molecular complexity index is 1070. The molecule has 0 radical (unpaired) electrons. The molecule has 7 nitrogen and oxygen atoms in total. The zero-order chi connectivity index (χ0) is 20.1. The molecule has 0 fully saturated rings. The highest BCUT2D eigenvalue weighted by Crippen LogP contribution is 2.39. The van der Waals surface area contributed by atoms with Crippen LogP contribution in [0.1, 0.15) is 10.4 Å². The number of methoxy groups -OCH3 is 3. The highest BCUT2D eigenvalue weighted by atomic mass is 16.5. The van der Waals surface area contributed by atoms with E-state index in [1.165, 1.54) is 39.7 Å². The summed E-state index contributed by atoms with van der Waals surface area (Å²) in [5.41, 5.74) is 0.329. The quantitative estimate of drug-likeness (QED) is 0.380. The first kappa shape index (κ1) is 19.0. The maximum Gasteiger partial charge on any atom is 0.347 e. The van der Waals surface area contributed by atoms with Crippen molar-refractivity contribution in [3.63, 3.8) is 0 Å². The Kier molecular flexibility index (Phi) is 5.64. The van der Waals surface area contributed by atoms with Crippen LogP contribution in [0.25, 0.3) is 11.0 Å². The van der Waals surface area contributed by atoms with Crippen LogP contribution in [0.4, 0.5) is 5.69 Å². The van der Waals surface area contributed by atoms with Crippen LogP contribution in [0, 0.1) is 0 Å². The molecule has 1 N–H and O–H groups in total. The lowest BCUT2D eigenvalue weighted by Crippen LogP contribution is -2.12. The largest absolute Gasteiger partial charge is 0.493 e. The van der Waals surface area contributed by atoms with Crippen LogP contribution in [-0.2, 0) is 0 Å². The number of carbonyl (C=O) groups excluding carboxylic acids is 1. The van der Waals surface area contributed by atoms with E-state index in [0.717, 1.165) is 0 Å². The number of benzene rings is 2. The van der Waals surface area contributed by atoms with E-state index in [1.54, 1.807) is 36.4 Å².